The highest BCUT2D eigenvalue weighted by Gasteiger charge is 2.13. The summed E-state index contributed by atoms with van der Waals surface area (Å²) in [4.78, 5) is 36.2. The Morgan fingerprint density at radius 3 is 1.87 bits per heavy atom. The highest BCUT2D eigenvalue weighted by Crippen LogP contribution is 2.11. The molecule has 0 aromatic heterocycles. The maximum absolute atomic E-state index is 12.6. The Balaban J connectivity index is 1.77. The molecular weight excluding hydrogens is 378 g/mol. The molecule has 0 aliphatic carbocycles. The fourth-order valence-electron chi connectivity index (χ4n) is 2.81. The van der Waals surface area contributed by atoms with E-state index in [9.17, 15) is 14.4 Å². The number of hydrazone groups is 1. The van der Waals surface area contributed by atoms with Gasteiger partial charge < -0.3 is 5.32 Å². The van der Waals surface area contributed by atoms with Crippen molar-refractivity contribution >= 4 is 29.0 Å². The number of rotatable bonds is 7. The van der Waals surface area contributed by atoms with E-state index in [0.717, 1.165) is 5.56 Å². The fraction of sp³-hybridized carbons (Fsp3) is 0.0833. The molecule has 0 aliphatic heterocycles. The molecule has 0 unspecified atom stereocenters. The lowest BCUT2D eigenvalue weighted by atomic mass is 10.0. The summed E-state index contributed by atoms with van der Waals surface area (Å²) in [6.45, 7) is 1.41. The molecule has 30 heavy (non-hydrogen) atoms. The fourth-order valence-corrected chi connectivity index (χ4v) is 2.81. The van der Waals surface area contributed by atoms with Crippen LogP contribution >= 0.6 is 0 Å². The third-order valence-corrected chi connectivity index (χ3v) is 4.29. The number of Topliss-reactive ketones (excluding diaryl/α,β-unsaturated/α-hetero) is 1. The van der Waals surface area contributed by atoms with E-state index >= 15 is 0 Å². The third kappa shape index (κ3) is 5.72. The van der Waals surface area contributed by atoms with Crippen LogP contribution in [0.25, 0.3) is 0 Å². The molecule has 0 bridgehead atoms. The summed E-state index contributed by atoms with van der Waals surface area (Å²) in [5.74, 6) is -0.690. The standard InChI is InChI=1S/C24H21N3O3/c1-17(28)25-21-14-12-20(13-15-21)24(30)27-26-22(18-8-4-2-5-9-18)16-23(29)19-10-6-3-7-11-19/h2-15H,16H2,1H3,(H,25,28)(H,27,30). The van der Waals surface area contributed by atoms with Crippen molar-refractivity contribution in [2.24, 2.45) is 5.10 Å². The topological polar surface area (TPSA) is 87.6 Å². The molecule has 2 amide bonds. The molecule has 0 saturated carbocycles. The molecule has 0 heterocycles. The van der Waals surface area contributed by atoms with Crippen molar-refractivity contribution in [3.05, 3.63) is 102 Å². The lowest BCUT2D eigenvalue weighted by Crippen LogP contribution is -2.21. The van der Waals surface area contributed by atoms with E-state index in [1.54, 1.807) is 48.5 Å². The van der Waals surface area contributed by atoms with Crippen LogP contribution in [0.5, 0.6) is 0 Å². The zero-order chi connectivity index (χ0) is 21.3. The average Bonchev–Trinajstić information content (AvgIpc) is 2.77. The van der Waals surface area contributed by atoms with Gasteiger partial charge in [0.25, 0.3) is 5.91 Å². The monoisotopic (exact) mass is 399 g/mol. The van der Waals surface area contributed by atoms with Crippen LogP contribution in [0.1, 0.15) is 39.6 Å². The van der Waals surface area contributed by atoms with Crippen LogP contribution in [0.15, 0.2) is 90.0 Å². The van der Waals surface area contributed by atoms with Gasteiger partial charge in [0.1, 0.15) is 0 Å². The molecule has 3 aromatic carbocycles. The zero-order valence-electron chi connectivity index (χ0n) is 16.5. The summed E-state index contributed by atoms with van der Waals surface area (Å²) in [6, 6.07) is 24.7. The first-order chi connectivity index (χ1) is 14.5. The molecule has 6 nitrogen and oxygen atoms in total. The average molecular weight is 399 g/mol. The molecule has 0 aliphatic rings. The maximum Gasteiger partial charge on any atom is 0.271 e. The number of amides is 2. The summed E-state index contributed by atoms with van der Waals surface area (Å²) in [5, 5.41) is 6.88. The van der Waals surface area contributed by atoms with Gasteiger partial charge in [-0.05, 0) is 29.8 Å². The SMILES string of the molecule is CC(=O)Nc1ccc(C(=O)NN=C(CC(=O)c2ccccc2)c2ccccc2)cc1. The predicted octanol–water partition coefficient (Wildman–Crippen LogP) is 4.05. The van der Waals surface area contributed by atoms with E-state index in [1.165, 1.54) is 6.92 Å². The van der Waals surface area contributed by atoms with E-state index in [1.807, 2.05) is 36.4 Å². The van der Waals surface area contributed by atoms with Gasteiger partial charge in [0.15, 0.2) is 5.78 Å². The minimum Gasteiger partial charge on any atom is -0.326 e. The Hall–Kier alpha value is -4.06. The number of carbonyl (C=O) groups excluding carboxylic acids is 3. The Morgan fingerprint density at radius 2 is 1.30 bits per heavy atom. The first kappa shape index (κ1) is 20.7. The van der Waals surface area contributed by atoms with Crippen LogP contribution in [0.4, 0.5) is 5.69 Å². The summed E-state index contributed by atoms with van der Waals surface area (Å²) in [5.41, 5.74) is 5.31. The van der Waals surface area contributed by atoms with Crippen molar-refractivity contribution in [2.75, 3.05) is 5.32 Å². The van der Waals surface area contributed by atoms with Gasteiger partial charge >= 0.3 is 0 Å². The molecule has 6 heteroatoms. The first-order valence-electron chi connectivity index (χ1n) is 9.41. The number of ketones is 1. The molecule has 3 rings (SSSR count). The Bertz CT molecular complexity index is 1060. The van der Waals surface area contributed by atoms with Gasteiger partial charge in [-0.25, -0.2) is 5.43 Å². The smallest absolute Gasteiger partial charge is 0.271 e. The van der Waals surface area contributed by atoms with Crippen LogP contribution in [-0.2, 0) is 4.79 Å². The Morgan fingerprint density at radius 1 is 0.733 bits per heavy atom. The first-order valence-corrected chi connectivity index (χ1v) is 9.41. The van der Waals surface area contributed by atoms with Gasteiger partial charge in [-0.1, -0.05) is 60.7 Å². The van der Waals surface area contributed by atoms with Crippen molar-refractivity contribution in [2.45, 2.75) is 13.3 Å². The van der Waals surface area contributed by atoms with Crippen molar-refractivity contribution in [3.63, 3.8) is 0 Å². The van der Waals surface area contributed by atoms with Crippen molar-refractivity contribution in [3.8, 4) is 0 Å². The van der Waals surface area contributed by atoms with Crippen molar-refractivity contribution in [1.82, 2.24) is 5.43 Å². The van der Waals surface area contributed by atoms with Gasteiger partial charge in [-0.3, -0.25) is 14.4 Å². The van der Waals surface area contributed by atoms with Crippen LogP contribution in [-0.4, -0.2) is 23.3 Å². The highest BCUT2D eigenvalue weighted by molar-refractivity contribution is 6.16. The summed E-state index contributed by atoms with van der Waals surface area (Å²) >= 11 is 0. The number of nitrogens with zero attached hydrogens (tertiary/aromatic N) is 1. The third-order valence-electron chi connectivity index (χ3n) is 4.29. The van der Waals surface area contributed by atoms with E-state index in [-0.39, 0.29) is 18.1 Å². The zero-order valence-corrected chi connectivity index (χ0v) is 16.5. The van der Waals surface area contributed by atoms with E-state index in [0.29, 0.717) is 22.5 Å². The number of nitrogens with one attached hydrogen (secondary N) is 2. The van der Waals surface area contributed by atoms with E-state index < -0.39 is 5.91 Å². The highest BCUT2D eigenvalue weighted by atomic mass is 16.2. The number of carbonyl (C=O) groups is 3. The predicted molar refractivity (Wildman–Crippen MR) is 117 cm³/mol. The van der Waals surface area contributed by atoms with Crippen molar-refractivity contribution < 1.29 is 14.4 Å². The second-order valence-electron chi connectivity index (χ2n) is 6.59. The minimum absolute atomic E-state index is 0.0514. The molecular formula is C24H21N3O3. The largest absolute Gasteiger partial charge is 0.326 e. The van der Waals surface area contributed by atoms with Crippen molar-refractivity contribution in [1.29, 1.82) is 0 Å². The number of benzene rings is 3. The Labute approximate surface area is 174 Å². The lowest BCUT2D eigenvalue weighted by Gasteiger charge is -2.08. The minimum atomic E-state index is -0.412. The number of hydrogen-bond acceptors (Lipinski definition) is 4. The second-order valence-corrected chi connectivity index (χ2v) is 6.59. The van der Waals surface area contributed by atoms with Gasteiger partial charge in [-0.15, -0.1) is 0 Å². The second kappa shape index (κ2) is 9.93. The summed E-state index contributed by atoms with van der Waals surface area (Å²) in [6.07, 6.45) is 0.0514. The molecule has 3 aromatic rings. The quantitative estimate of drug-likeness (QED) is 0.357. The van der Waals surface area contributed by atoms with E-state index in [4.69, 9.17) is 0 Å². The molecule has 0 radical (unpaired) electrons. The molecule has 0 atom stereocenters. The molecule has 0 fully saturated rings. The summed E-state index contributed by atoms with van der Waals surface area (Å²) < 4.78 is 0. The maximum atomic E-state index is 12.6. The van der Waals surface area contributed by atoms with Crippen LogP contribution in [0.2, 0.25) is 0 Å². The Kier molecular flexibility index (Phi) is 6.84. The van der Waals surface area contributed by atoms with Crippen LogP contribution in [0, 0.1) is 0 Å². The number of anilines is 1. The van der Waals surface area contributed by atoms with Crippen LogP contribution in [0.3, 0.4) is 0 Å². The normalized spacial score (nSPS) is 10.9. The lowest BCUT2D eigenvalue weighted by molar-refractivity contribution is -0.114. The molecule has 2 N–H and O–H groups in total. The van der Waals surface area contributed by atoms with Gasteiger partial charge in [0.05, 0.1) is 12.1 Å². The van der Waals surface area contributed by atoms with Gasteiger partial charge in [0, 0.05) is 23.7 Å². The molecule has 0 spiro atoms. The number of hydrogen-bond donors (Lipinski definition) is 2. The molecule has 0 saturated heterocycles. The summed E-state index contributed by atoms with van der Waals surface area (Å²) in [7, 11) is 0. The molecule has 150 valence electrons. The van der Waals surface area contributed by atoms with Crippen LogP contribution < -0.4 is 10.7 Å². The van der Waals surface area contributed by atoms with Gasteiger partial charge in [-0.2, -0.15) is 5.10 Å². The van der Waals surface area contributed by atoms with E-state index in [2.05, 4.69) is 15.8 Å². The van der Waals surface area contributed by atoms with Gasteiger partial charge in [0.2, 0.25) is 5.91 Å².